The summed E-state index contributed by atoms with van der Waals surface area (Å²) < 4.78 is 10.9. The van der Waals surface area contributed by atoms with Crippen LogP contribution in [0.15, 0.2) is 0 Å². The molecule has 0 aromatic carbocycles. The quantitative estimate of drug-likeness (QED) is 0.169. The first kappa shape index (κ1) is 35.7. The molecule has 0 spiro atoms. The topological polar surface area (TPSA) is 116 Å². The number of halogens is 2. The van der Waals surface area contributed by atoms with E-state index in [1.54, 1.807) is 0 Å². The molecule has 4 N–H and O–H groups in total. The summed E-state index contributed by atoms with van der Waals surface area (Å²) >= 11 is -1.61. The van der Waals surface area contributed by atoms with E-state index >= 15 is 0 Å². The Morgan fingerprint density at radius 2 is 0.679 bits per heavy atom. The molecule has 0 heterocycles. The third-order valence-electron chi connectivity index (χ3n) is 2.72. The minimum Gasteiger partial charge on any atom is -1.00 e. The maximum atomic E-state index is 11.0. The molecule has 0 saturated heterocycles. The summed E-state index contributed by atoms with van der Waals surface area (Å²) in [6.07, 6.45) is 5.59. The van der Waals surface area contributed by atoms with Crippen LogP contribution in [0.2, 0.25) is 0 Å². The number of carbonyl (C=O) groups is 4. The maximum Gasteiger partial charge on any atom is -1.00 e. The van der Waals surface area contributed by atoms with Crippen LogP contribution in [0.5, 0.6) is 0 Å². The van der Waals surface area contributed by atoms with Crippen molar-refractivity contribution in [3.05, 3.63) is 0 Å². The molecule has 12 heteroatoms. The Balaban J connectivity index is -0.000000192. The Morgan fingerprint density at radius 1 is 0.500 bits per heavy atom. The van der Waals surface area contributed by atoms with Gasteiger partial charge < -0.3 is 34.0 Å². The first-order valence-corrected chi connectivity index (χ1v) is 12.2. The van der Waals surface area contributed by atoms with Crippen molar-refractivity contribution in [3.8, 4) is 0 Å². The van der Waals surface area contributed by atoms with E-state index in [-0.39, 0.29) is 57.6 Å². The molecule has 0 saturated carbocycles. The monoisotopic (exact) mass is 598 g/mol. The van der Waals surface area contributed by atoms with E-state index in [2.05, 4.69) is 15.2 Å². The molecular formula is C16H32Br2N4O4Ti2. The average Bonchev–Trinajstić information content (AvgIpc) is 2.56. The molecule has 0 bridgehead atoms. The Labute approximate surface area is 208 Å². The van der Waals surface area contributed by atoms with Crippen molar-refractivity contribution in [2.24, 2.45) is 0 Å². The molecule has 0 aromatic rings. The summed E-state index contributed by atoms with van der Waals surface area (Å²) in [5, 5.41) is 0. The summed E-state index contributed by atoms with van der Waals surface area (Å²) in [6.45, 7) is 7.81. The number of hydrogen-bond donors (Lipinski definition) is 4. The second-order valence-electron chi connectivity index (χ2n) is 5.44. The standard InChI is InChI=1S/4C4H9NO.2BrH.2Ti/c4*1-2-3-4(5)6;;;;/h4*2-3H2,1H3,(H2,5,6);2*1H;;/q;;;;;;2*+3/p-6. The third-order valence-corrected chi connectivity index (χ3v) is 5.24. The molecular weight excluding hydrogens is 568 g/mol. The molecule has 0 fully saturated rings. The summed E-state index contributed by atoms with van der Waals surface area (Å²) in [6, 6.07) is 0. The Bertz CT molecular complexity index is 359. The van der Waals surface area contributed by atoms with E-state index in [9.17, 15) is 19.2 Å². The van der Waals surface area contributed by atoms with Gasteiger partial charge in [0.25, 0.3) is 0 Å². The van der Waals surface area contributed by atoms with Gasteiger partial charge in [0.15, 0.2) is 0 Å². The average molecular weight is 600 g/mol. The van der Waals surface area contributed by atoms with E-state index in [1.807, 2.05) is 27.7 Å². The largest absolute Gasteiger partial charge is 1.00 e. The van der Waals surface area contributed by atoms with E-state index < -0.39 is 39.3 Å². The molecule has 162 valence electrons. The molecule has 0 radical (unpaired) electrons. The zero-order valence-electron chi connectivity index (χ0n) is 17.0. The Morgan fingerprint density at radius 3 is 0.821 bits per heavy atom. The van der Waals surface area contributed by atoms with Crippen molar-refractivity contribution in [1.82, 2.24) is 15.2 Å². The molecule has 8 nitrogen and oxygen atoms in total. The van der Waals surface area contributed by atoms with Crippen molar-refractivity contribution >= 4 is 23.6 Å². The van der Waals surface area contributed by atoms with Gasteiger partial charge in [-0.3, -0.25) is 0 Å². The molecule has 0 rings (SSSR count). The molecule has 28 heavy (non-hydrogen) atoms. The summed E-state index contributed by atoms with van der Waals surface area (Å²) in [5.41, 5.74) is 0. The molecule has 0 aliphatic carbocycles. The maximum absolute atomic E-state index is 11.0. The second-order valence-corrected chi connectivity index (χ2v) is 7.79. The van der Waals surface area contributed by atoms with Crippen molar-refractivity contribution in [1.29, 1.82) is 0 Å². The van der Waals surface area contributed by atoms with Crippen LogP contribution in [0.4, 0.5) is 0 Å². The van der Waals surface area contributed by atoms with Crippen LogP contribution in [0, 0.1) is 0 Å². The summed E-state index contributed by atoms with van der Waals surface area (Å²) in [7, 11) is 0. The predicted molar refractivity (Wildman–Crippen MR) is 92.2 cm³/mol. The molecule has 0 unspecified atom stereocenters. The van der Waals surface area contributed by atoms with E-state index in [0.717, 1.165) is 25.7 Å². The van der Waals surface area contributed by atoms with Crippen molar-refractivity contribution in [2.45, 2.75) is 79.1 Å². The number of nitrogens with one attached hydrogen (secondary N) is 4. The zero-order chi connectivity index (χ0) is 20.2. The van der Waals surface area contributed by atoms with Crippen LogP contribution in [0.1, 0.15) is 79.1 Å². The van der Waals surface area contributed by atoms with E-state index in [4.69, 9.17) is 0 Å². The minimum atomic E-state index is -0.806. The molecule has 0 aromatic heterocycles. The fourth-order valence-corrected chi connectivity index (χ4v) is 3.35. The van der Waals surface area contributed by atoms with Gasteiger partial charge in [-0.05, 0) is 0 Å². The molecule has 0 aliphatic rings. The van der Waals surface area contributed by atoms with Gasteiger partial charge >= 0.3 is 176 Å². The number of amides is 4. The van der Waals surface area contributed by atoms with Gasteiger partial charge in [-0.1, -0.05) is 0 Å². The van der Waals surface area contributed by atoms with Gasteiger partial charge in [-0.25, -0.2) is 0 Å². The van der Waals surface area contributed by atoms with Crippen LogP contribution >= 0.6 is 0 Å². The van der Waals surface area contributed by atoms with E-state index in [0.29, 0.717) is 25.7 Å². The van der Waals surface area contributed by atoms with Gasteiger partial charge in [-0.2, -0.15) is 0 Å². The Hall–Kier alpha value is 0.269. The summed E-state index contributed by atoms with van der Waals surface area (Å²) in [5.74, 6) is 0.164. The Kier molecular flexibility index (Phi) is 34.8. The van der Waals surface area contributed by atoms with Gasteiger partial charge in [0.1, 0.15) is 0 Å². The van der Waals surface area contributed by atoms with Crippen molar-refractivity contribution in [3.63, 3.8) is 0 Å². The number of carbonyl (C=O) groups excluding carboxylic acids is 4. The summed E-state index contributed by atoms with van der Waals surface area (Å²) in [4.78, 5) is 43.8. The van der Waals surface area contributed by atoms with Crippen LogP contribution in [0.3, 0.4) is 0 Å². The second kappa shape index (κ2) is 27.3. The molecule has 0 aliphatic heterocycles. The van der Waals surface area contributed by atoms with Crippen molar-refractivity contribution in [2.75, 3.05) is 0 Å². The first-order valence-electron chi connectivity index (χ1n) is 9.06. The van der Waals surface area contributed by atoms with Crippen molar-refractivity contribution < 1.29 is 92.5 Å². The fraction of sp³-hybridized carbons (Fsp3) is 0.750. The SMILES string of the molecule is CCCC(=O)[NH][Ti+][NH]C(=O)CCC.CCCC(=O)[NH][Ti+][NH]C(=O)CCC.[Br-].[Br-]. The normalized spacial score (nSPS) is 8.14. The zero-order valence-corrected chi connectivity index (χ0v) is 23.3. The van der Waals surface area contributed by atoms with Crippen LogP contribution in [-0.4, -0.2) is 23.6 Å². The van der Waals surface area contributed by atoms with Gasteiger partial charge in [0, 0.05) is 0 Å². The van der Waals surface area contributed by atoms with E-state index in [1.165, 1.54) is 0 Å². The minimum absolute atomic E-state index is 0. The smallest absolute Gasteiger partial charge is 1.00 e. The van der Waals surface area contributed by atoms with Crippen LogP contribution in [0.25, 0.3) is 0 Å². The van der Waals surface area contributed by atoms with Gasteiger partial charge in [0.2, 0.25) is 0 Å². The molecule has 4 amide bonds. The number of hydrogen-bond acceptors (Lipinski definition) is 4. The first-order chi connectivity index (χ1) is 12.4. The van der Waals surface area contributed by atoms with Gasteiger partial charge in [-0.15, -0.1) is 0 Å². The molecule has 0 atom stereocenters. The third kappa shape index (κ3) is 28.5. The predicted octanol–water partition coefficient (Wildman–Crippen LogP) is -4.53. The number of rotatable bonds is 12. The van der Waals surface area contributed by atoms with Crippen LogP contribution in [-0.2, 0) is 58.5 Å². The van der Waals surface area contributed by atoms with Crippen LogP contribution < -0.4 is 49.2 Å². The fourth-order valence-electron chi connectivity index (χ4n) is 1.50. The van der Waals surface area contributed by atoms with Gasteiger partial charge in [0.05, 0.1) is 0 Å².